The molecule has 1 saturated heterocycles. The summed E-state index contributed by atoms with van der Waals surface area (Å²) in [5.74, 6) is -2.97. The van der Waals surface area contributed by atoms with E-state index < -0.39 is 62.4 Å². The van der Waals surface area contributed by atoms with E-state index in [1.54, 1.807) is 0 Å². The fraction of sp³-hybridized carbons (Fsp3) is 0.545. The van der Waals surface area contributed by atoms with Crippen LogP contribution >= 0.6 is 7.82 Å². The molecule has 1 aliphatic heterocycles. The van der Waals surface area contributed by atoms with Crippen molar-refractivity contribution in [2.24, 2.45) is 0 Å². The zero-order chi connectivity index (χ0) is 20.6. The number of H-pyrrole nitrogens is 1. The Morgan fingerprint density at radius 3 is 2.52 bits per heavy atom. The molecule has 1 aromatic rings. The van der Waals surface area contributed by atoms with E-state index in [2.05, 4.69) is 9.05 Å². The van der Waals surface area contributed by atoms with Crippen LogP contribution in [-0.2, 0) is 23.1 Å². The zero-order valence-corrected chi connectivity index (χ0v) is 13.8. The van der Waals surface area contributed by atoms with E-state index >= 15 is 0 Å². The fourth-order valence-electron chi connectivity index (χ4n) is 2.07. The Labute approximate surface area is 146 Å². The van der Waals surface area contributed by atoms with Gasteiger partial charge in [-0.1, -0.05) is 0 Å². The van der Waals surface area contributed by atoms with Gasteiger partial charge in [0.2, 0.25) is 0 Å². The molecular weight excluding hydrogens is 408 g/mol. The van der Waals surface area contributed by atoms with E-state index in [4.69, 9.17) is 9.63 Å². The highest BCUT2D eigenvalue weighted by molar-refractivity contribution is 7.48. The van der Waals surface area contributed by atoms with Crippen LogP contribution in [0.4, 0.5) is 13.2 Å². The van der Waals surface area contributed by atoms with Gasteiger partial charge in [0, 0.05) is 12.3 Å². The lowest BCUT2D eigenvalue weighted by molar-refractivity contribution is -0.191. The number of hydrogen-bond acceptors (Lipinski definition) is 9. The van der Waals surface area contributed by atoms with Crippen molar-refractivity contribution < 1.29 is 51.4 Å². The minimum Gasteiger partial charge on any atom is -0.387 e. The number of nitrogens with one attached hydrogen (secondary N) is 1. The number of ether oxygens (including phenoxy) is 1. The second-order valence-corrected chi connectivity index (χ2v) is 6.58. The van der Waals surface area contributed by atoms with Gasteiger partial charge in [-0.15, -0.1) is 0 Å². The quantitative estimate of drug-likeness (QED) is 0.405. The monoisotopic (exact) mass is 420 g/mol. The normalized spacial score (nSPS) is 27.9. The lowest BCUT2D eigenvalue weighted by atomic mass is 10.1. The third-order valence-corrected chi connectivity index (χ3v) is 4.17. The van der Waals surface area contributed by atoms with Crippen LogP contribution in [0.3, 0.4) is 0 Å². The lowest BCUT2D eigenvalue weighted by Gasteiger charge is -2.17. The molecule has 0 bridgehead atoms. The molecule has 1 aliphatic rings. The SMILES string of the molecule is O=C(OP(=O)(O)OC[C@H]1O[C@@H](n2ccc(=O)[nH]c2=O)[C@H](O)[C@@H]1O)C(F)(F)F. The van der Waals surface area contributed by atoms with Gasteiger partial charge in [0.05, 0.1) is 6.61 Å². The molecule has 4 N–H and O–H groups in total. The maximum Gasteiger partial charge on any atom is 0.529 e. The first-order valence-corrected chi connectivity index (χ1v) is 8.42. The number of phosphoric ester groups is 1. The molecule has 0 saturated carbocycles. The van der Waals surface area contributed by atoms with E-state index in [0.29, 0.717) is 4.57 Å². The number of phosphoric acid groups is 1. The summed E-state index contributed by atoms with van der Waals surface area (Å²) < 4.78 is 60.6. The Bertz CT molecular complexity index is 867. The van der Waals surface area contributed by atoms with Gasteiger partial charge < -0.3 is 19.5 Å². The van der Waals surface area contributed by atoms with Crippen LogP contribution in [0, 0.1) is 0 Å². The van der Waals surface area contributed by atoms with E-state index in [9.17, 15) is 42.3 Å². The molecule has 0 aliphatic carbocycles. The summed E-state index contributed by atoms with van der Waals surface area (Å²) in [6.07, 6.45) is -11.3. The predicted octanol–water partition coefficient (Wildman–Crippen LogP) is -1.62. The molecule has 0 amide bonds. The van der Waals surface area contributed by atoms with Crippen LogP contribution in [0.25, 0.3) is 0 Å². The number of carbonyl (C=O) groups is 1. The van der Waals surface area contributed by atoms with Crippen LogP contribution in [0.1, 0.15) is 6.23 Å². The third-order valence-electron chi connectivity index (χ3n) is 3.29. The first kappa shape index (κ1) is 21.3. The molecule has 1 unspecified atom stereocenters. The molecule has 2 rings (SSSR count). The molecule has 16 heteroatoms. The average molecular weight is 420 g/mol. The summed E-state index contributed by atoms with van der Waals surface area (Å²) in [6, 6.07) is 0.909. The summed E-state index contributed by atoms with van der Waals surface area (Å²) in [7, 11) is -5.51. The Hall–Kier alpha value is -2.03. The number of rotatable bonds is 5. The molecule has 0 radical (unpaired) electrons. The summed E-state index contributed by atoms with van der Waals surface area (Å²) in [5.41, 5.74) is -1.76. The summed E-state index contributed by atoms with van der Waals surface area (Å²) in [4.78, 5) is 44.2. The molecule has 0 spiro atoms. The molecule has 2 heterocycles. The highest BCUT2D eigenvalue weighted by atomic mass is 31.2. The van der Waals surface area contributed by atoms with Gasteiger partial charge in [0.15, 0.2) is 6.23 Å². The Kier molecular flexibility index (Phi) is 5.94. The van der Waals surface area contributed by atoms with E-state index in [1.807, 2.05) is 4.98 Å². The lowest BCUT2D eigenvalue weighted by Crippen LogP contribution is -2.37. The van der Waals surface area contributed by atoms with Gasteiger partial charge in [-0.25, -0.2) is 14.2 Å². The number of aromatic amines is 1. The first-order chi connectivity index (χ1) is 12.3. The molecular formula is C11H12F3N2O10P. The Morgan fingerprint density at radius 2 is 1.96 bits per heavy atom. The summed E-state index contributed by atoms with van der Waals surface area (Å²) >= 11 is 0. The highest BCUT2D eigenvalue weighted by Crippen LogP contribution is 2.46. The molecule has 12 nitrogen and oxygen atoms in total. The minimum absolute atomic E-state index is 0.692. The Morgan fingerprint density at radius 1 is 1.33 bits per heavy atom. The maximum absolute atomic E-state index is 12.0. The standard InChI is InChI=1S/C11H12F3N2O10P/c12-11(13,14)9(20)26-27(22,23)24-3-4-6(18)7(19)8(25-4)16-2-1-5(17)15-10(16)21/h1-2,4,6-8,18-19H,3H2,(H,22,23)(H,15,17,21)/t4-,6-,7-,8-/m1/s1. The van der Waals surface area contributed by atoms with Crippen molar-refractivity contribution in [1.82, 2.24) is 9.55 Å². The number of aromatic nitrogens is 2. The third kappa shape index (κ3) is 5.03. The van der Waals surface area contributed by atoms with Crippen molar-refractivity contribution in [2.75, 3.05) is 6.61 Å². The second kappa shape index (κ2) is 7.53. The van der Waals surface area contributed by atoms with E-state index in [0.717, 1.165) is 12.3 Å². The van der Waals surface area contributed by atoms with Crippen LogP contribution in [-0.4, -0.2) is 61.7 Å². The topological polar surface area (TPSA) is 177 Å². The molecule has 27 heavy (non-hydrogen) atoms. The van der Waals surface area contributed by atoms with Crippen molar-refractivity contribution in [3.8, 4) is 0 Å². The number of aliphatic hydroxyl groups excluding tert-OH is 2. The number of halogens is 3. The fourth-order valence-corrected chi connectivity index (χ4v) is 2.78. The van der Waals surface area contributed by atoms with Crippen molar-refractivity contribution in [2.45, 2.75) is 30.7 Å². The molecule has 1 aromatic heterocycles. The van der Waals surface area contributed by atoms with Crippen LogP contribution < -0.4 is 11.2 Å². The molecule has 1 fully saturated rings. The van der Waals surface area contributed by atoms with Crippen molar-refractivity contribution in [3.05, 3.63) is 33.1 Å². The molecule has 0 aromatic carbocycles. The largest absolute Gasteiger partial charge is 0.529 e. The second-order valence-electron chi connectivity index (χ2n) is 5.20. The minimum atomic E-state index is -5.54. The van der Waals surface area contributed by atoms with Gasteiger partial charge in [0.25, 0.3) is 5.56 Å². The number of alkyl halides is 3. The summed E-state index contributed by atoms with van der Waals surface area (Å²) in [6.45, 7) is -1.08. The Balaban J connectivity index is 2.06. The van der Waals surface area contributed by atoms with E-state index in [1.165, 1.54) is 0 Å². The number of carbonyl (C=O) groups excluding carboxylic acids is 1. The first-order valence-electron chi connectivity index (χ1n) is 6.93. The van der Waals surface area contributed by atoms with Crippen LogP contribution in [0.15, 0.2) is 21.9 Å². The van der Waals surface area contributed by atoms with Crippen molar-refractivity contribution in [3.63, 3.8) is 0 Å². The number of nitrogens with zero attached hydrogens (tertiary/aromatic N) is 1. The zero-order valence-electron chi connectivity index (χ0n) is 12.9. The predicted molar refractivity (Wildman–Crippen MR) is 75.2 cm³/mol. The number of aliphatic hydroxyl groups is 2. The highest BCUT2D eigenvalue weighted by Gasteiger charge is 2.48. The van der Waals surface area contributed by atoms with Crippen LogP contribution in [0.2, 0.25) is 0 Å². The van der Waals surface area contributed by atoms with Crippen molar-refractivity contribution >= 4 is 13.8 Å². The van der Waals surface area contributed by atoms with Gasteiger partial charge in [-0.05, 0) is 0 Å². The van der Waals surface area contributed by atoms with Crippen LogP contribution in [0.5, 0.6) is 0 Å². The smallest absolute Gasteiger partial charge is 0.387 e. The van der Waals surface area contributed by atoms with Gasteiger partial charge in [-0.3, -0.25) is 23.8 Å². The number of hydrogen-bond donors (Lipinski definition) is 4. The summed E-state index contributed by atoms with van der Waals surface area (Å²) in [5, 5.41) is 19.7. The maximum atomic E-state index is 12.0. The van der Waals surface area contributed by atoms with Gasteiger partial charge in [-0.2, -0.15) is 13.2 Å². The molecule has 152 valence electrons. The van der Waals surface area contributed by atoms with Gasteiger partial charge in [0.1, 0.15) is 18.3 Å². The molecule has 5 atom stereocenters. The average Bonchev–Trinajstić information content (AvgIpc) is 2.80. The van der Waals surface area contributed by atoms with E-state index in [-0.39, 0.29) is 0 Å². The van der Waals surface area contributed by atoms with Gasteiger partial charge >= 0.3 is 25.7 Å². The van der Waals surface area contributed by atoms with Crippen molar-refractivity contribution in [1.29, 1.82) is 0 Å².